The molecular formula is C18H19N3O2S. The molecule has 2 aromatic carbocycles. The highest BCUT2D eigenvalue weighted by molar-refractivity contribution is 7.93. The highest BCUT2D eigenvalue weighted by atomic mass is 32.2. The third-order valence-electron chi connectivity index (χ3n) is 4.40. The minimum Gasteiger partial charge on any atom is -0.381 e. The maximum atomic E-state index is 12.1. The highest BCUT2D eigenvalue weighted by Gasteiger charge is 2.28. The number of fused-ring (bicyclic) bond motifs is 1. The number of benzene rings is 2. The van der Waals surface area contributed by atoms with Crippen molar-refractivity contribution in [2.45, 2.75) is 13.0 Å². The van der Waals surface area contributed by atoms with Gasteiger partial charge in [-0.25, -0.2) is 8.42 Å². The first-order valence-corrected chi connectivity index (χ1v) is 9.64. The fraction of sp³-hybridized carbons (Fsp3) is 0.222. The molecule has 0 amide bonds. The van der Waals surface area contributed by atoms with Crippen molar-refractivity contribution >= 4 is 32.3 Å². The number of hydrogen-bond acceptors (Lipinski definition) is 3. The van der Waals surface area contributed by atoms with E-state index < -0.39 is 10.0 Å². The van der Waals surface area contributed by atoms with Crippen molar-refractivity contribution < 1.29 is 8.42 Å². The molecule has 0 unspecified atom stereocenters. The Balaban J connectivity index is 1.55. The molecule has 0 spiro atoms. The first-order valence-electron chi connectivity index (χ1n) is 8.03. The van der Waals surface area contributed by atoms with Crippen LogP contribution in [-0.4, -0.2) is 25.7 Å². The summed E-state index contributed by atoms with van der Waals surface area (Å²) in [4.78, 5) is 3.21. The minimum atomic E-state index is -3.14. The van der Waals surface area contributed by atoms with Crippen LogP contribution in [0.1, 0.15) is 12.0 Å². The van der Waals surface area contributed by atoms with E-state index in [1.54, 1.807) is 0 Å². The average molecular weight is 341 g/mol. The van der Waals surface area contributed by atoms with Crippen molar-refractivity contribution in [2.75, 3.05) is 21.9 Å². The van der Waals surface area contributed by atoms with Crippen LogP contribution in [0.4, 0.5) is 11.4 Å². The Labute approximate surface area is 141 Å². The van der Waals surface area contributed by atoms with Crippen LogP contribution in [0.15, 0.2) is 54.7 Å². The van der Waals surface area contributed by atoms with E-state index in [4.69, 9.17) is 0 Å². The first-order chi connectivity index (χ1) is 11.6. The summed E-state index contributed by atoms with van der Waals surface area (Å²) in [6, 6.07) is 15.9. The Morgan fingerprint density at radius 1 is 1.12 bits per heavy atom. The van der Waals surface area contributed by atoms with E-state index in [0.29, 0.717) is 19.5 Å². The zero-order valence-corrected chi connectivity index (χ0v) is 14.0. The maximum Gasteiger partial charge on any atom is 0.235 e. The van der Waals surface area contributed by atoms with Gasteiger partial charge in [-0.15, -0.1) is 0 Å². The third kappa shape index (κ3) is 2.73. The van der Waals surface area contributed by atoms with Gasteiger partial charge in [-0.1, -0.05) is 18.2 Å². The van der Waals surface area contributed by atoms with Gasteiger partial charge in [0.05, 0.1) is 11.4 Å². The Bertz CT molecular complexity index is 979. The first kappa shape index (κ1) is 15.1. The van der Waals surface area contributed by atoms with Crippen molar-refractivity contribution in [3.05, 3.63) is 60.3 Å². The number of sulfonamides is 1. The van der Waals surface area contributed by atoms with Crippen molar-refractivity contribution in [1.29, 1.82) is 0 Å². The molecule has 5 nitrogen and oxygen atoms in total. The fourth-order valence-electron chi connectivity index (χ4n) is 3.20. The number of anilines is 2. The van der Waals surface area contributed by atoms with E-state index in [9.17, 15) is 8.42 Å². The molecule has 1 fully saturated rings. The van der Waals surface area contributed by atoms with Gasteiger partial charge in [0, 0.05) is 35.9 Å². The van der Waals surface area contributed by atoms with Gasteiger partial charge >= 0.3 is 0 Å². The number of aromatic nitrogens is 1. The molecule has 1 saturated heterocycles. The lowest BCUT2D eigenvalue weighted by atomic mass is 10.1. The molecule has 0 saturated carbocycles. The van der Waals surface area contributed by atoms with Gasteiger partial charge in [-0.05, 0) is 42.3 Å². The molecule has 1 aromatic heterocycles. The molecule has 6 heteroatoms. The van der Waals surface area contributed by atoms with Gasteiger partial charge < -0.3 is 10.3 Å². The standard InChI is InChI=1S/C18H19N3O2S/c22-24(23)11-3-10-21(24)16-6-2-5-15(12-16)20-13-14-4-1-7-18-17(14)8-9-19-18/h1-2,4-9,12,19-20H,3,10-11,13H2. The van der Waals surface area contributed by atoms with E-state index in [0.717, 1.165) is 16.9 Å². The second-order valence-electron chi connectivity index (χ2n) is 6.00. The summed E-state index contributed by atoms with van der Waals surface area (Å²) >= 11 is 0. The Morgan fingerprint density at radius 2 is 2.00 bits per heavy atom. The SMILES string of the molecule is O=S1(=O)CCCN1c1cccc(NCc2cccc3[nH]ccc23)c1. The molecule has 124 valence electrons. The number of hydrogen-bond donors (Lipinski definition) is 2. The molecular weight excluding hydrogens is 322 g/mol. The number of nitrogens with zero attached hydrogens (tertiary/aromatic N) is 1. The summed E-state index contributed by atoms with van der Waals surface area (Å²) in [5.74, 6) is 0.236. The van der Waals surface area contributed by atoms with Crippen molar-refractivity contribution in [2.24, 2.45) is 0 Å². The number of nitrogens with one attached hydrogen (secondary N) is 2. The van der Waals surface area contributed by atoms with Crippen LogP contribution in [0.3, 0.4) is 0 Å². The Morgan fingerprint density at radius 3 is 2.83 bits per heavy atom. The minimum absolute atomic E-state index is 0.236. The van der Waals surface area contributed by atoms with Crippen molar-refractivity contribution in [1.82, 2.24) is 4.98 Å². The fourth-order valence-corrected chi connectivity index (χ4v) is 4.76. The molecule has 1 aliphatic heterocycles. The van der Waals surface area contributed by atoms with Crippen LogP contribution in [0.25, 0.3) is 10.9 Å². The molecule has 3 aromatic rings. The number of aromatic amines is 1. The van der Waals surface area contributed by atoms with Crippen LogP contribution in [0.5, 0.6) is 0 Å². The molecule has 1 aliphatic rings. The van der Waals surface area contributed by atoms with Crippen LogP contribution in [0, 0.1) is 0 Å². The zero-order valence-electron chi connectivity index (χ0n) is 13.2. The summed E-state index contributed by atoms with van der Waals surface area (Å²) in [6.45, 7) is 1.25. The lowest BCUT2D eigenvalue weighted by Crippen LogP contribution is -2.25. The summed E-state index contributed by atoms with van der Waals surface area (Å²) in [5.41, 5.74) is 3.97. The molecule has 2 N–H and O–H groups in total. The molecule has 0 aliphatic carbocycles. The average Bonchev–Trinajstić information content (AvgIpc) is 3.19. The normalized spacial score (nSPS) is 16.6. The van der Waals surface area contributed by atoms with Crippen LogP contribution in [-0.2, 0) is 16.6 Å². The van der Waals surface area contributed by atoms with E-state index in [1.807, 2.05) is 36.5 Å². The molecule has 0 atom stereocenters. The summed E-state index contributed by atoms with van der Waals surface area (Å²) in [5, 5.41) is 4.60. The van der Waals surface area contributed by atoms with Crippen LogP contribution >= 0.6 is 0 Å². The predicted molar refractivity (Wildman–Crippen MR) is 97.8 cm³/mol. The van der Waals surface area contributed by atoms with Gasteiger partial charge in [0.25, 0.3) is 0 Å². The van der Waals surface area contributed by atoms with Crippen LogP contribution < -0.4 is 9.62 Å². The molecule has 2 heterocycles. The van der Waals surface area contributed by atoms with Gasteiger partial charge in [-0.3, -0.25) is 4.31 Å². The molecule has 24 heavy (non-hydrogen) atoms. The Kier molecular flexibility index (Phi) is 3.69. The van der Waals surface area contributed by atoms with E-state index >= 15 is 0 Å². The zero-order chi connectivity index (χ0) is 16.6. The summed E-state index contributed by atoms with van der Waals surface area (Å²) in [7, 11) is -3.14. The lowest BCUT2D eigenvalue weighted by molar-refractivity contribution is 0.599. The molecule has 0 bridgehead atoms. The second-order valence-corrected chi connectivity index (χ2v) is 8.01. The monoisotopic (exact) mass is 341 g/mol. The number of rotatable bonds is 4. The van der Waals surface area contributed by atoms with E-state index in [-0.39, 0.29) is 5.75 Å². The highest BCUT2D eigenvalue weighted by Crippen LogP contribution is 2.27. The van der Waals surface area contributed by atoms with Gasteiger partial charge in [0.15, 0.2) is 0 Å². The van der Waals surface area contributed by atoms with E-state index in [2.05, 4.69) is 28.5 Å². The van der Waals surface area contributed by atoms with Crippen molar-refractivity contribution in [3.63, 3.8) is 0 Å². The topological polar surface area (TPSA) is 65.2 Å². The molecule has 0 radical (unpaired) electrons. The smallest absolute Gasteiger partial charge is 0.235 e. The quantitative estimate of drug-likeness (QED) is 0.765. The predicted octanol–water partition coefficient (Wildman–Crippen LogP) is 3.32. The van der Waals surface area contributed by atoms with Gasteiger partial charge in [0.2, 0.25) is 10.0 Å². The second kappa shape index (κ2) is 5.87. The van der Waals surface area contributed by atoms with Gasteiger partial charge in [0.1, 0.15) is 0 Å². The summed E-state index contributed by atoms with van der Waals surface area (Å²) in [6.07, 6.45) is 2.63. The molecule has 4 rings (SSSR count). The van der Waals surface area contributed by atoms with Crippen molar-refractivity contribution in [3.8, 4) is 0 Å². The lowest BCUT2D eigenvalue weighted by Gasteiger charge is -2.18. The van der Waals surface area contributed by atoms with E-state index in [1.165, 1.54) is 15.3 Å². The largest absolute Gasteiger partial charge is 0.381 e. The number of H-pyrrole nitrogens is 1. The van der Waals surface area contributed by atoms with Crippen LogP contribution in [0.2, 0.25) is 0 Å². The Hall–Kier alpha value is -2.47. The summed E-state index contributed by atoms with van der Waals surface area (Å²) < 4.78 is 25.6. The third-order valence-corrected chi connectivity index (χ3v) is 6.27. The van der Waals surface area contributed by atoms with Gasteiger partial charge in [-0.2, -0.15) is 0 Å². The maximum absolute atomic E-state index is 12.1.